The molecule has 0 aromatic heterocycles. The fraction of sp³-hybridized carbons (Fsp3) is 0.143. The minimum Gasteiger partial charge on any atom is -0.515 e. The molecule has 3 rings (SSSR count). The van der Waals surface area contributed by atoms with Crippen LogP contribution in [0.1, 0.15) is 11.1 Å². The van der Waals surface area contributed by atoms with E-state index in [0.29, 0.717) is 22.8 Å². The van der Waals surface area contributed by atoms with E-state index in [0.717, 1.165) is 28.2 Å². The van der Waals surface area contributed by atoms with Gasteiger partial charge in [0.05, 0.1) is 27.6 Å². The van der Waals surface area contributed by atoms with Gasteiger partial charge in [0.15, 0.2) is 11.5 Å². The average molecular weight is 336 g/mol. The van der Waals surface area contributed by atoms with Crippen LogP contribution in [0.3, 0.4) is 0 Å². The van der Waals surface area contributed by atoms with Gasteiger partial charge in [-0.25, -0.2) is 0 Å². The molecule has 0 unspecified atom stereocenters. The predicted molar refractivity (Wildman–Crippen MR) is 99.8 cm³/mol. The van der Waals surface area contributed by atoms with E-state index in [-0.39, 0.29) is 0 Å². The summed E-state index contributed by atoms with van der Waals surface area (Å²) < 4.78 is 16.2. The van der Waals surface area contributed by atoms with Gasteiger partial charge in [-0.1, -0.05) is 36.4 Å². The largest absolute Gasteiger partial charge is 0.515 e. The fourth-order valence-electron chi connectivity index (χ4n) is 2.91. The van der Waals surface area contributed by atoms with Crippen molar-refractivity contribution in [3.63, 3.8) is 0 Å². The van der Waals surface area contributed by atoms with Crippen molar-refractivity contribution in [1.29, 1.82) is 0 Å². The van der Waals surface area contributed by atoms with Crippen LogP contribution in [-0.4, -0.2) is 26.4 Å². The van der Waals surface area contributed by atoms with Crippen LogP contribution in [0.4, 0.5) is 0 Å². The van der Waals surface area contributed by atoms with E-state index in [9.17, 15) is 5.11 Å². The molecule has 0 amide bonds. The molecule has 25 heavy (non-hydrogen) atoms. The first kappa shape index (κ1) is 16.7. The highest BCUT2D eigenvalue weighted by atomic mass is 16.5. The number of benzene rings is 3. The first-order valence-corrected chi connectivity index (χ1v) is 7.85. The molecule has 0 radical (unpaired) electrons. The Bertz CT molecular complexity index is 903. The number of aliphatic hydroxyl groups excluding tert-OH is 1. The lowest BCUT2D eigenvalue weighted by molar-refractivity contribution is 0.324. The van der Waals surface area contributed by atoms with Crippen molar-refractivity contribution in [3.05, 3.63) is 72.0 Å². The Balaban J connectivity index is 2.14. The molecule has 0 fully saturated rings. The number of hydrogen-bond acceptors (Lipinski definition) is 4. The summed E-state index contributed by atoms with van der Waals surface area (Å²) in [6, 6.07) is 17.8. The monoisotopic (exact) mass is 336 g/mol. The number of hydrogen-bond donors (Lipinski definition) is 1. The van der Waals surface area contributed by atoms with Gasteiger partial charge in [0.2, 0.25) is 5.75 Å². The molecular weight excluding hydrogens is 316 g/mol. The van der Waals surface area contributed by atoms with Crippen molar-refractivity contribution >= 4 is 16.3 Å². The van der Waals surface area contributed by atoms with Crippen LogP contribution in [0.15, 0.2) is 60.9 Å². The van der Waals surface area contributed by atoms with Crippen molar-refractivity contribution in [3.8, 4) is 17.2 Å². The zero-order valence-corrected chi connectivity index (χ0v) is 14.4. The van der Waals surface area contributed by atoms with Crippen LogP contribution in [0, 0.1) is 0 Å². The summed E-state index contributed by atoms with van der Waals surface area (Å²) >= 11 is 0. The topological polar surface area (TPSA) is 47.9 Å². The second-order valence-corrected chi connectivity index (χ2v) is 5.52. The van der Waals surface area contributed by atoms with Gasteiger partial charge in [-0.2, -0.15) is 0 Å². The van der Waals surface area contributed by atoms with Gasteiger partial charge >= 0.3 is 0 Å². The van der Waals surface area contributed by atoms with Crippen molar-refractivity contribution in [2.45, 2.75) is 0 Å². The first-order chi connectivity index (χ1) is 12.2. The van der Waals surface area contributed by atoms with Gasteiger partial charge in [0.25, 0.3) is 0 Å². The minimum atomic E-state index is 0.518. The summed E-state index contributed by atoms with van der Waals surface area (Å²) in [5, 5.41) is 12.1. The Hall–Kier alpha value is -3.14. The van der Waals surface area contributed by atoms with Crippen molar-refractivity contribution in [2.75, 3.05) is 21.3 Å². The molecule has 0 spiro atoms. The van der Waals surface area contributed by atoms with Crippen LogP contribution in [0.2, 0.25) is 0 Å². The lowest BCUT2D eigenvalue weighted by Gasteiger charge is -2.15. The van der Waals surface area contributed by atoms with Gasteiger partial charge in [-0.05, 0) is 40.1 Å². The third kappa shape index (κ3) is 3.11. The van der Waals surface area contributed by atoms with Crippen LogP contribution < -0.4 is 14.2 Å². The maximum atomic E-state index is 9.88. The fourth-order valence-corrected chi connectivity index (χ4v) is 2.91. The standard InChI is InChI=1S/C21H20O4/c1-23-19-11-17(12-20(24-2)21(19)25-3)18(13-22)16-9-8-14-6-4-5-7-15(14)10-16/h4-13,22H,1-3H3/b18-13-. The molecule has 0 aliphatic carbocycles. The van der Waals surface area contributed by atoms with Crippen LogP contribution in [-0.2, 0) is 0 Å². The van der Waals surface area contributed by atoms with E-state index in [1.807, 2.05) is 48.5 Å². The molecule has 0 heterocycles. The summed E-state index contributed by atoms with van der Waals surface area (Å²) in [6.45, 7) is 0. The van der Waals surface area contributed by atoms with Crippen LogP contribution in [0.25, 0.3) is 16.3 Å². The molecule has 4 nitrogen and oxygen atoms in total. The average Bonchev–Trinajstić information content (AvgIpc) is 2.67. The van der Waals surface area contributed by atoms with Gasteiger partial charge in [-0.3, -0.25) is 0 Å². The molecule has 0 saturated carbocycles. The number of rotatable bonds is 5. The lowest BCUT2D eigenvalue weighted by Crippen LogP contribution is -1.98. The predicted octanol–water partition coefficient (Wildman–Crippen LogP) is 4.81. The maximum absolute atomic E-state index is 9.88. The number of methoxy groups -OCH3 is 3. The van der Waals surface area contributed by atoms with Crippen LogP contribution >= 0.6 is 0 Å². The van der Waals surface area contributed by atoms with Crippen molar-refractivity contribution in [2.24, 2.45) is 0 Å². The smallest absolute Gasteiger partial charge is 0.203 e. The third-order valence-electron chi connectivity index (χ3n) is 4.17. The molecule has 0 aliphatic heterocycles. The summed E-state index contributed by atoms with van der Waals surface area (Å²) in [5.41, 5.74) is 2.34. The Morgan fingerprint density at radius 3 is 1.96 bits per heavy atom. The Kier molecular flexibility index (Phi) is 4.80. The normalized spacial score (nSPS) is 11.4. The molecule has 128 valence electrons. The lowest BCUT2D eigenvalue weighted by atomic mass is 9.96. The van der Waals surface area contributed by atoms with Gasteiger partial charge < -0.3 is 19.3 Å². The second kappa shape index (κ2) is 7.18. The molecule has 0 saturated heterocycles. The Labute approximate surface area is 146 Å². The molecular formula is C21H20O4. The number of ether oxygens (including phenoxy) is 3. The molecule has 0 aliphatic rings. The molecule has 0 bridgehead atoms. The number of fused-ring (bicyclic) bond motifs is 1. The first-order valence-electron chi connectivity index (χ1n) is 7.85. The highest BCUT2D eigenvalue weighted by molar-refractivity contribution is 5.89. The molecule has 0 atom stereocenters. The summed E-state index contributed by atoms with van der Waals surface area (Å²) in [5.74, 6) is 1.60. The molecule has 4 heteroatoms. The Morgan fingerprint density at radius 1 is 0.760 bits per heavy atom. The number of aliphatic hydroxyl groups is 1. The van der Waals surface area contributed by atoms with Crippen molar-refractivity contribution in [1.82, 2.24) is 0 Å². The highest BCUT2D eigenvalue weighted by Gasteiger charge is 2.16. The zero-order valence-electron chi connectivity index (χ0n) is 14.4. The quantitative estimate of drug-likeness (QED) is 0.679. The van der Waals surface area contributed by atoms with E-state index >= 15 is 0 Å². The van der Waals surface area contributed by atoms with E-state index in [1.54, 1.807) is 21.3 Å². The Morgan fingerprint density at radius 2 is 1.40 bits per heavy atom. The van der Waals surface area contributed by atoms with Gasteiger partial charge in [0.1, 0.15) is 0 Å². The van der Waals surface area contributed by atoms with E-state index in [2.05, 4.69) is 6.07 Å². The zero-order chi connectivity index (χ0) is 17.8. The summed E-state index contributed by atoms with van der Waals surface area (Å²) in [4.78, 5) is 0. The minimum absolute atomic E-state index is 0.518. The molecule has 3 aromatic carbocycles. The highest BCUT2D eigenvalue weighted by Crippen LogP contribution is 2.41. The van der Waals surface area contributed by atoms with Gasteiger partial charge in [0, 0.05) is 5.57 Å². The SMILES string of the molecule is COc1cc(/C(=C\O)c2ccc3ccccc3c2)cc(OC)c1OC. The van der Waals surface area contributed by atoms with E-state index < -0.39 is 0 Å². The van der Waals surface area contributed by atoms with Crippen molar-refractivity contribution < 1.29 is 19.3 Å². The van der Waals surface area contributed by atoms with Gasteiger partial charge in [-0.15, -0.1) is 0 Å². The van der Waals surface area contributed by atoms with E-state index in [4.69, 9.17) is 14.2 Å². The maximum Gasteiger partial charge on any atom is 0.203 e. The molecule has 1 N–H and O–H groups in total. The summed E-state index contributed by atoms with van der Waals surface area (Å²) in [6.07, 6.45) is 1.10. The third-order valence-corrected chi connectivity index (χ3v) is 4.17. The molecule has 3 aromatic rings. The summed E-state index contributed by atoms with van der Waals surface area (Å²) in [7, 11) is 4.70. The van der Waals surface area contributed by atoms with Crippen LogP contribution in [0.5, 0.6) is 17.2 Å². The second-order valence-electron chi connectivity index (χ2n) is 5.52. The van der Waals surface area contributed by atoms with E-state index in [1.165, 1.54) is 0 Å².